The van der Waals surface area contributed by atoms with Gasteiger partial charge in [0.15, 0.2) is 0 Å². The van der Waals surface area contributed by atoms with E-state index in [-0.39, 0.29) is 29.4 Å². The molecule has 0 fully saturated rings. The third-order valence-corrected chi connectivity index (χ3v) is 7.26. The first-order valence-electron chi connectivity index (χ1n) is 9.02. The highest BCUT2D eigenvalue weighted by Crippen LogP contribution is 2.23. The Balaban J connectivity index is 2.05. The molecule has 3 N–H and O–H groups in total. The fraction of sp³-hybridized carbons (Fsp3) is 0.316. The van der Waals surface area contributed by atoms with E-state index in [1.54, 1.807) is 19.9 Å². The summed E-state index contributed by atoms with van der Waals surface area (Å²) < 4.78 is 54.6. The van der Waals surface area contributed by atoms with Gasteiger partial charge in [-0.25, -0.2) is 22.0 Å². The second-order valence-corrected chi connectivity index (χ2v) is 10.0. The van der Waals surface area contributed by atoms with Crippen LogP contribution in [0.3, 0.4) is 0 Å². The van der Waals surface area contributed by atoms with Crippen LogP contribution in [-0.2, 0) is 31.4 Å². The van der Waals surface area contributed by atoms with Crippen LogP contribution in [0.15, 0.2) is 52.3 Å². The highest BCUT2D eigenvalue weighted by molar-refractivity contribution is 7.89. The molecule has 2 aromatic rings. The third kappa shape index (κ3) is 5.79. The number of primary sulfonamides is 1. The van der Waals surface area contributed by atoms with Gasteiger partial charge in [-0.3, -0.25) is 4.79 Å². The summed E-state index contributed by atoms with van der Waals surface area (Å²) in [6.45, 7) is 3.27. The fourth-order valence-corrected chi connectivity index (χ4v) is 4.75. The van der Waals surface area contributed by atoms with Crippen molar-refractivity contribution in [3.8, 4) is 5.75 Å². The van der Waals surface area contributed by atoms with Gasteiger partial charge >= 0.3 is 0 Å². The molecule has 0 aliphatic rings. The normalized spacial score (nSPS) is 12.0. The van der Waals surface area contributed by atoms with Crippen LogP contribution in [0.5, 0.6) is 5.75 Å². The highest BCUT2D eigenvalue weighted by atomic mass is 32.2. The van der Waals surface area contributed by atoms with Crippen molar-refractivity contribution in [1.82, 2.24) is 9.62 Å². The van der Waals surface area contributed by atoms with Crippen molar-refractivity contribution >= 4 is 26.0 Å². The molecule has 0 aromatic heterocycles. The molecule has 0 saturated carbocycles. The van der Waals surface area contributed by atoms with E-state index in [9.17, 15) is 21.6 Å². The molecule has 0 heterocycles. The van der Waals surface area contributed by atoms with Crippen molar-refractivity contribution in [3.63, 3.8) is 0 Å². The van der Waals surface area contributed by atoms with Gasteiger partial charge in [0.1, 0.15) is 5.75 Å². The lowest BCUT2D eigenvalue weighted by atomic mass is 10.2. The van der Waals surface area contributed by atoms with E-state index in [1.807, 2.05) is 0 Å². The lowest BCUT2D eigenvalue weighted by Gasteiger charge is -2.20. The van der Waals surface area contributed by atoms with Crippen LogP contribution in [0.1, 0.15) is 18.1 Å². The van der Waals surface area contributed by atoms with Gasteiger partial charge in [0, 0.05) is 13.1 Å². The molecule has 0 aliphatic carbocycles. The number of sulfonamides is 2. The number of carbonyl (C=O) groups excluding carboxylic acids is 1. The van der Waals surface area contributed by atoms with Crippen molar-refractivity contribution in [1.29, 1.82) is 0 Å². The minimum Gasteiger partial charge on any atom is -0.496 e. The van der Waals surface area contributed by atoms with E-state index >= 15 is 0 Å². The minimum absolute atomic E-state index is 0.0318. The average molecular weight is 456 g/mol. The molecule has 0 unspecified atom stereocenters. The molecule has 0 bridgehead atoms. The summed E-state index contributed by atoms with van der Waals surface area (Å²) in [4.78, 5) is 12.4. The van der Waals surface area contributed by atoms with Crippen molar-refractivity contribution in [2.45, 2.75) is 30.2 Å². The van der Waals surface area contributed by atoms with E-state index in [4.69, 9.17) is 9.88 Å². The largest absolute Gasteiger partial charge is 0.496 e. The molecule has 0 spiro atoms. The smallest absolute Gasteiger partial charge is 0.243 e. The maximum absolute atomic E-state index is 12.9. The number of nitrogens with one attached hydrogen (secondary N) is 1. The van der Waals surface area contributed by atoms with E-state index in [0.29, 0.717) is 16.9 Å². The predicted molar refractivity (Wildman–Crippen MR) is 112 cm³/mol. The summed E-state index contributed by atoms with van der Waals surface area (Å²) in [6.07, 6.45) is 0. The minimum atomic E-state index is -3.86. The number of ether oxygens (including phenoxy) is 1. The molecule has 2 aromatic carbocycles. The van der Waals surface area contributed by atoms with Crippen LogP contribution in [-0.4, -0.2) is 47.2 Å². The quantitative estimate of drug-likeness (QED) is 0.578. The molecule has 1 amide bonds. The van der Waals surface area contributed by atoms with Crippen LogP contribution in [0.4, 0.5) is 0 Å². The number of nitrogens with zero attached hydrogens (tertiary/aromatic N) is 1. The zero-order chi connectivity index (χ0) is 22.5. The number of hydrogen-bond acceptors (Lipinski definition) is 6. The first-order valence-corrected chi connectivity index (χ1v) is 12.0. The fourth-order valence-electron chi connectivity index (χ4n) is 2.74. The maximum atomic E-state index is 12.9. The van der Waals surface area contributed by atoms with E-state index in [0.717, 1.165) is 4.31 Å². The summed E-state index contributed by atoms with van der Waals surface area (Å²) in [7, 11) is -6.15. The van der Waals surface area contributed by atoms with Gasteiger partial charge < -0.3 is 10.1 Å². The molecule has 0 saturated heterocycles. The maximum Gasteiger partial charge on any atom is 0.243 e. The Morgan fingerprint density at radius 3 is 2.17 bits per heavy atom. The Morgan fingerprint density at radius 1 is 1.07 bits per heavy atom. The molecule has 0 radical (unpaired) electrons. The number of likely N-dealkylation sites (N-methyl/N-ethyl adjacent to an activating group) is 1. The molecule has 2 rings (SSSR count). The number of nitrogens with two attached hydrogens (primary N) is 1. The van der Waals surface area contributed by atoms with Crippen LogP contribution in [0.25, 0.3) is 0 Å². The topological polar surface area (TPSA) is 136 Å². The van der Waals surface area contributed by atoms with E-state index < -0.39 is 26.0 Å². The van der Waals surface area contributed by atoms with Crippen molar-refractivity contribution in [2.75, 3.05) is 20.2 Å². The number of aryl methyl sites for hydroxylation is 1. The summed E-state index contributed by atoms with van der Waals surface area (Å²) in [5.41, 5.74) is 1.31. The van der Waals surface area contributed by atoms with Crippen LogP contribution in [0, 0.1) is 6.92 Å². The molecule has 30 heavy (non-hydrogen) atoms. The highest BCUT2D eigenvalue weighted by Gasteiger charge is 2.25. The SMILES string of the molecule is CCN(CC(=O)NCc1ccc(S(N)(=O)=O)cc1)S(=O)(=O)c1ccc(OC)c(C)c1. The second kappa shape index (κ2) is 9.56. The number of carbonyl (C=O) groups is 1. The lowest BCUT2D eigenvalue weighted by molar-refractivity contribution is -0.121. The molecule has 0 atom stereocenters. The molecule has 9 nitrogen and oxygen atoms in total. The first kappa shape index (κ1) is 23.8. The second-order valence-electron chi connectivity index (χ2n) is 6.53. The zero-order valence-corrected chi connectivity index (χ0v) is 18.6. The van der Waals surface area contributed by atoms with E-state index in [1.165, 1.54) is 43.5 Å². The number of hydrogen-bond donors (Lipinski definition) is 2. The van der Waals surface area contributed by atoms with Crippen LogP contribution < -0.4 is 15.2 Å². The molecule has 164 valence electrons. The van der Waals surface area contributed by atoms with Gasteiger partial charge in [-0.1, -0.05) is 19.1 Å². The number of rotatable bonds is 9. The average Bonchev–Trinajstić information content (AvgIpc) is 2.69. The van der Waals surface area contributed by atoms with Gasteiger partial charge in [0.2, 0.25) is 26.0 Å². The predicted octanol–water partition coefficient (Wildman–Crippen LogP) is 0.978. The van der Waals surface area contributed by atoms with Crippen molar-refractivity contribution < 1.29 is 26.4 Å². The van der Waals surface area contributed by atoms with Crippen molar-refractivity contribution in [3.05, 3.63) is 53.6 Å². The molecular weight excluding hydrogens is 430 g/mol. The number of methoxy groups -OCH3 is 1. The molecule has 0 aliphatic heterocycles. The van der Waals surface area contributed by atoms with Gasteiger partial charge in [0.05, 0.1) is 23.4 Å². The Morgan fingerprint density at radius 2 is 1.67 bits per heavy atom. The van der Waals surface area contributed by atoms with E-state index in [2.05, 4.69) is 5.32 Å². The van der Waals surface area contributed by atoms with Gasteiger partial charge in [-0.05, 0) is 48.4 Å². The van der Waals surface area contributed by atoms with Gasteiger partial charge in [-0.15, -0.1) is 0 Å². The number of amides is 1. The standard InChI is InChI=1S/C19H25N3O6S2/c1-4-22(30(26,27)17-9-10-18(28-3)14(2)11-17)13-19(23)21-12-15-5-7-16(8-6-15)29(20,24)25/h5-11H,4,12-13H2,1-3H3,(H,21,23)(H2,20,24,25). The first-order chi connectivity index (χ1) is 14.0. The monoisotopic (exact) mass is 455 g/mol. The van der Waals surface area contributed by atoms with Crippen LogP contribution >= 0.6 is 0 Å². The zero-order valence-electron chi connectivity index (χ0n) is 17.0. The Hall–Kier alpha value is -2.47. The summed E-state index contributed by atoms with van der Waals surface area (Å²) >= 11 is 0. The Bertz CT molecular complexity index is 1110. The van der Waals surface area contributed by atoms with Gasteiger partial charge in [0.25, 0.3) is 0 Å². The Kier molecular flexibility index (Phi) is 7.59. The molecular formula is C19H25N3O6S2. The Labute approximate surface area is 176 Å². The summed E-state index contributed by atoms with van der Waals surface area (Å²) in [5.74, 6) is 0.0874. The van der Waals surface area contributed by atoms with Gasteiger partial charge in [-0.2, -0.15) is 4.31 Å². The summed E-state index contributed by atoms with van der Waals surface area (Å²) in [6, 6.07) is 10.2. The lowest BCUT2D eigenvalue weighted by Crippen LogP contribution is -2.40. The summed E-state index contributed by atoms with van der Waals surface area (Å²) in [5, 5.41) is 7.68. The molecule has 11 heteroatoms. The third-order valence-electron chi connectivity index (χ3n) is 4.42. The van der Waals surface area contributed by atoms with Crippen molar-refractivity contribution in [2.24, 2.45) is 5.14 Å². The van der Waals surface area contributed by atoms with Crippen LogP contribution in [0.2, 0.25) is 0 Å². The number of benzene rings is 2.